The molecule has 0 spiro atoms. The molecule has 0 radical (unpaired) electrons. The summed E-state index contributed by atoms with van der Waals surface area (Å²) in [4.78, 5) is 71.4. The number of carbonyl (C=O) groups excluding carboxylic acids is 5. The van der Waals surface area contributed by atoms with Crippen LogP contribution in [0.2, 0.25) is 0 Å². The topological polar surface area (TPSA) is 202 Å². The Hall–Kier alpha value is -6.59. The molecule has 4 aromatic carbocycles. The van der Waals surface area contributed by atoms with Gasteiger partial charge in [-0.1, -0.05) is 97.1 Å². The van der Waals surface area contributed by atoms with Gasteiger partial charge >= 0.3 is 18.2 Å². The van der Waals surface area contributed by atoms with Crippen molar-refractivity contribution in [2.45, 2.75) is 114 Å². The predicted molar refractivity (Wildman–Crippen MR) is 250 cm³/mol. The molecular weight excluding hydrogens is 894 g/mol. The number of ether oxygens (including phenoxy) is 3. The Bertz CT molecular complexity index is 2470. The van der Waals surface area contributed by atoms with Crippen LogP contribution in [0.25, 0.3) is 0 Å². The van der Waals surface area contributed by atoms with Gasteiger partial charge in [0.25, 0.3) is 11.7 Å². The van der Waals surface area contributed by atoms with Crippen LogP contribution in [0.15, 0.2) is 109 Å². The lowest BCUT2D eigenvalue weighted by Crippen LogP contribution is -2.73. The number of guanidine groups is 1. The Morgan fingerprint density at radius 2 is 1.29 bits per heavy atom. The van der Waals surface area contributed by atoms with Crippen LogP contribution in [0.1, 0.15) is 91.9 Å². The van der Waals surface area contributed by atoms with E-state index in [0.717, 1.165) is 19.3 Å². The van der Waals surface area contributed by atoms with E-state index < -0.39 is 77.7 Å². The average Bonchev–Trinajstić information content (AvgIpc) is 3.29. The quantitative estimate of drug-likeness (QED) is 0.0299. The summed E-state index contributed by atoms with van der Waals surface area (Å²) in [7, 11) is 0. The van der Waals surface area contributed by atoms with Gasteiger partial charge in [-0.2, -0.15) is 13.2 Å². The number of Topliss-reactive ketones (excluding diaryl/α,β-unsaturated/α-hetero) is 1. The maximum atomic E-state index is 15.6. The van der Waals surface area contributed by atoms with Gasteiger partial charge in [-0.15, -0.1) is 0 Å². The summed E-state index contributed by atoms with van der Waals surface area (Å²) in [6, 6.07) is 27.6. The lowest BCUT2D eigenvalue weighted by Gasteiger charge is -2.60. The first-order chi connectivity index (χ1) is 32.8. The van der Waals surface area contributed by atoms with Gasteiger partial charge in [0, 0.05) is 24.1 Å². The summed E-state index contributed by atoms with van der Waals surface area (Å²) in [5, 5.41) is 15.7. The zero-order chi connectivity index (χ0) is 49.6. The highest BCUT2D eigenvalue weighted by Gasteiger charge is 2.61. The molecule has 4 aliphatic rings. The fourth-order valence-electron chi connectivity index (χ4n) is 10.7. The second-order valence-electron chi connectivity index (χ2n) is 19.5. The second-order valence-corrected chi connectivity index (χ2v) is 19.5. The minimum Gasteiger partial charge on any atom is -0.457 e. The minimum absolute atomic E-state index is 0.0356. The third-order valence-electron chi connectivity index (χ3n) is 13.0. The summed E-state index contributed by atoms with van der Waals surface area (Å²) in [6.45, 7) is 4.17. The molecule has 366 valence electrons. The van der Waals surface area contributed by atoms with Gasteiger partial charge in [-0.25, -0.2) is 9.59 Å². The summed E-state index contributed by atoms with van der Waals surface area (Å²) < 4.78 is 62.7. The highest BCUT2D eigenvalue weighted by Crippen LogP contribution is 2.58. The fraction of sp³-hybridized carbons (Fsp3) is 0.423. The first-order valence-corrected chi connectivity index (χ1v) is 23.1. The van der Waals surface area contributed by atoms with E-state index in [9.17, 15) is 32.3 Å². The monoisotopic (exact) mass is 952 g/mol. The molecule has 4 saturated carbocycles. The highest BCUT2D eigenvalue weighted by molar-refractivity contribution is 6.02. The first-order valence-electron chi connectivity index (χ1n) is 23.1. The number of nitrogens with two attached hydrogens (primary N) is 1. The number of benzene rings is 4. The maximum Gasteiger partial charge on any atom is 0.452 e. The molecule has 4 bridgehead atoms. The Morgan fingerprint density at radius 3 is 1.80 bits per heavy atom. The van der Waals surface area contributed by atoms with Crippen molar-refractivity contribution >= 4 is 41.3 Å². The highest BCUT2D eigenvalue weighted by atomic mass is 19.4. The number of esters is 1. The number of anilines is 1. The molecule has 4 aliphatic carbocycles. The van der Waals surface area contributed by atoms with E-state index in [2.05, 4.69) is 16.0 Å². The van der Waals surface area contributed by atoms with Gasteiger partial charge < -0.3 is 30.6 Å². The number of rotatable bonds is 17. The van der Waals surface area contributed by atoms with E-state index in [1.807, 2.05) is 0 Å². The molecule has 1 unspecified atom stereocenters. The Kier molecular flexibility index (Phi) is 15.3. The Balaban J connectivity index is 1.25. The molecule has 6 N–H and O–H groups in total. The van der Waals surface area contributed by atoms with Gasteiger partial charge in [0.2, 0.25) is 17.6 Å². The molecule has 0 heterocycles. The summed E-state index contributed by atoms with van der Waals surface area (Å²) in [5.41, 5.74) is 3.06. The van der Waals surface area contributed by atoms with Crippen molar-refractivity contribution in [3.63, 3.8) is 0 Å². The van der Waals surface area contributed by atoms with E-state index >= 15 is 4.79 Å². The number of ketones is 1. The van der Waals surface area contributed by atoms with Crippen LogP contribution in [0.5, 0.6) is 0 Å². The van der Waals surface area contributed by atoms with Gasteiger partial charge in [-0.3, -0.25) is 30.0 Å². The van der Waals surface area contributed by atoms with Gasteiger partial charge in [0.05, 0.1) is 17.7 Å². The number of hydrogen-bond donors (Lipinski definition) is 5. The molecule has 14 nitrogen and oxygen atoms in total. The lowest BCUT2D eigenvalue weighted by atomic mass is 9.54. The largest absolute Gasteiger partial charge is 0.457 e. The number of halogens is 3. The predicted octanol–water partition coefficient (Wildman–Crippen LogP) is 7.99. The number of nitrogens with zero attached hydrogens (tertiary/aromatic N) is 1. The standard InChI is InChI=1S/C52H59F3N6O8/c1-49(2,3)61(43(62)30-56)51(29-33-13-7-4-8-14-33,69-50-26-36-21-37(27-50)23-38(22-36)28-50)46(65)59-42(44(63)52(53,54)55)24-39-19-20-40(25-41(39)45(64)67-31-34-15-9-5-10-16-34)58-47(57)60-48(66)68-32-35-17-11-6-12-18-35/h4-20,25,36-38,42H,21-24,26-32,56H2,1-3H3,(H,59,65)(H3,57,58,60,66)/t36?,37?,38?,42?,50?,51-/m1/s1. The molecule has 0 saturated heterocycles. The van der Waals surface area contributed by atoms with E-state index in [4.69, 9.17) is 25.4 Å². The molecule has 4 aromatic rings. The van der Waals surface area contributed by atoms with Crippen molar-refractivity contribution in [1.29, 1.82) is 5.41 Å². The zero-order valence-electron chi connectivity index (χ0n) is 38.9. The number of nitrogens with one attached hydrogen (secondary N) is 4. The SMILES string of the molecule is CC(C)(C)N(C(=O)CN)[C@](Cc1ccccc1)(OC12CC3CC(CC(C3)C1)C2)C(=O)NC(Cc1ccc(NC(=N)NC(=O)OCc2ccccc2)cc1C(=O)OCc1ccccc1)C(=O)C(F)(F)F. The molecule has 0 aliphatic heterocycles. The Labute approximate surface area is 399 Å². The minimum atomic E-state index is -5.48. The van der Waals surface area contributed by atoms with Crippen molar-refractivity contribution in [2.75, 3.05) is 11.9 Å². The number of alkyl carbamates (subject to hydrolysis) is 1. The fourth-order valence-corrected chi connectivity index (χ4v) is 10.7. The van der Waals surface area contributed by atoms with Crippen LogP contribution >= 0.6 is 0 Å². The average molecular weight is 953 g/mol. The van der Waals surface area contributed by atoms with Crippen molar-refractivity contribution < 1.29 is 51.4 Å². The second kappa shape index (κ2) is 21.0. The molecule has 0 aromatic heterocycles. The van der Waals surface area contributed by atoms with Gasteiger partial charge in [0.15, 0.2) is 0 Å². The van der Waals surface area contributed by atoms with E-state index in [1.54, 1.807) is 112 Å². The normalized spacial score (nSPS) is 20.7. The third-order valence-corrected chi connectivity index (χ3v) is 13.0. The van der Waals surface area contributed by atoms with Crippen molar-refractivity contribution in [2.24, 2.45) is 23.5 Å². The lowest BCUT2D eigenvalue weighted by molar-refractivity contribution is -0.270. The first kappa shape index (κ1) is 50.3. The van der Waals surface area contributed by atoms with Crippen LogP contribution in [-0.4, -0.2) is 76.1 Å². The Morgan fingerprint density at radius 1 is 0.768 bits per heavy atom. The van der Waals surface area contributed by atoms with Crippen LogP contribution in [0.3, 0.4) is 0 Å². The molecule has 4 fully saturated rings. The maximum absolute atomic E-state index is 15.6. The molecule has 2 atom stereocenters. The van der Waals surface area contributed by atoms with Crippen molar-refractivity contribution in [3.05, 3.63) is 137 Å². The van der Waals surface area contributed by atoms with Gasteiger partial charge in [0.1, 0.15) is 19.3 Å². The summed E-state index contributed by atoms with van der Waals surface area (Å²) in [6.07, 6.45) is -2.88. The van der Waals surface area contributed by atoms with E-state index in [1.165, 1.54) is 23.1 Å². The third kappa shape index (κ3) is 12.4. The number of carbonyl (C=O) groups is 5. The molecule has 69 heavy (non-hydrogen) atoms. The smallest absolute Gasteiger partial charge is 0.452 e. The van der Waals surface area contributed by atoms with Crippen LogP contribution in [0, 0.1) is 23.2 Å². The summed E-state index contributed by atoms with van der Waals surface area (Å²) >= 11 is 0. The summed E-state index contributed by atoms with van der Waals surface area (Å²) in [5.74, 6) is -4.85. The van der Waals surface area contributed by atoms with Gasteiger partial charge in [-0.05, 0) is 111 Å². The molecule has 3 amide bonds. The zero-order valence-corrected chi connectivity index (χ0v) is 38.9. The molecule has 8 rings (SSSR count). The number of alkyl halides is 3. The van der Waals surface area contributed by atoms with Crippen LogP contribution < -0.4 is 21.7 Å². The van der Waals surface area contributed by atoms with Crippen molar-refractivity contribution in [3.8, 4) is 0 Å². The van der Waals surface area contributed by atoms with E-state index in [0.29, 0.717) is 53.7 Å². The molecular formula is C52H59F3N6O8. The molecule has 17 heteroatoms. The van der Waals surface area contributed by atoms with Crippen LogP contribution in [-0.2, 0) is 54.6 Å². The van der Waals surface area contributed by atoms with Crippen molar-refractivity contribution in [1.82, 2.24) is 15.5 Å². The number of hydrogen-bond acceptors (Lipinski definition) is 10. The number of amides is 3. The van der Waals surface area contributed by atoms with E-state index in [-0.39, 0.29) is 36.4 Å². The van der Waals surface area contributed by atoms with Crippen LogP contribution in [0.4, 0.5) is 23.7 Å².